The standard InChI is InChI=1S/C17H28N4.ClH/c1-13-10-16(21-9-6-18-11-15(21)3)4-5-17(13)20-8-7-19-14(2)12-20;/h4-5,10,14-15,18-19H,6-9,11-12H2,1-3H3;1H/t14-,15+;/m1./s1. The first-order valence-electron chi connectivity index (χ1n) is 8.21. The maximum absolute atomic E-state index is 3.51. The molecule has 1 aromatic carbocycles. The van der Waals surface area contributed by atoms with E-state index in [0.717, 1.165) is 39.3 Å². The summed E-state index contributed by atoms with van der Waals surface area (Å²) in [6, 6.07) is 8.13. The first kappa shape index (κ1) is 17.4. The van der Waals surface area contributed by atoms with Crippen molar-refractivity contribution in [1.29, 1.82) is 0 Å². The zero-order valence-electron chi connectivity index (χ0n) is 13.9. The Morgan fingerprint density at radius 1 is 1.14 bits per heavy atom. The predicted molar refractivity (Wildman–Crippen MR) is 97.8 cm³/mol. The Morgan fingerprint density at radius 3 is 2.64 bits per heavy atom. The molecule has 2 atom stereocenters. The minimum atomic E-state index is 0. The van der Waals surface area contributed by atoms with Crippen molar-refractivity contribution in [1.82, 2.24) is 10.6 Å². The molecule has 1 aromatic rings. The number of rotatable bonds is 2. The maximum atomic E-state index is 3.51. The lowest BCUT2D eigenvalue weighted by molar-refractivity contribution is 0.484. The Kier molecular flexibility index (Phi) is 5.95. The van der Waals surface area contributed by atoms with Crippen LogP contribution in [-0.2, 0) is 0 Å². The van der Waals surface area contributed by atoms with Crippen molar-refractivity contribution in [3.8, 4) is 0 Å². The maximum Gasteiger partial charge on any atom is 0.0398 e. The van der Waals surface area contributed by atoms with Crippen LogP contribution in [0, 0.1) is 6.92 Å². The molecular formula is C17H29ClN4. The molecule has 0 amide bonds. The number of aryl methyl sites for hydroxylation is 1. The number of piperazine rings is 2. The second-order valence-corrected chi connectivity index (χ2v) is 6.52. The van der Waals surface area contributed by atoms with Crippen LogP contribution in [0.15, 0.2) is 18.2 Å². The quantitative estimate of drug-likeness (QED) is 0.871. The van der Waals surface area contributed by atoms with E-state index in [1.807, 2.05) is 0 Å². The SMILES string of the molecule is Cc1cc(N2CCNC[C@@H]2C)ccc1N1CCN[C@H](C)C1.Cl. The minimum Gasteiger partial charge on any atom is -0.368 e. The highest BCUT2D eigenvalue weighted by Gasteiger charge is 2.21. The summed E-state index contributed by atoms with van der Waals surface area (Å²) >= 11 is 0. The fourth-order valence-electron chi connectivity index (χ4n) is 3.55. The van der Waals surface area contributed by atoms with Gasteiger partial charge in [-0.15, -0.1) is 12.4 Å². The molecule has 0 aliphatic carbocycles. The van der Waals surface area contributed by atoms with E-state index in [0.29, 0.717) is 12.1 Å². The van der Waals surface area contributed by atoms with Crippen molar-refractivity contribution in [3.63, 3.8) is 0 Å². The molecule has 5 heteroatoms. The van der Waals surface area contributed by atoms with Gasteiger partial charge in [0.05, 0.1) is 0 Å². The van der Waals surface area contributed by atoms with E-state index >= 15 is 0 Å². The third-order valence-electron chi connectivity index (χ3n) is 4.72. The number of nitrogens with zero attached hydrogens (tertiary/aromatic N) is 2. The number of anilines is 2. The zero-order valence-corrected chi connectivity index (χ0v) is 14.7. The predicted octanol–water partition coefficient (Wildman–Crippen LogP) is 2.01. The van der Waals surface area contributed by atoms with Crippen LogP contribution in [0.2, 0.25) is 0 Å². The van der Waals surface area contributed by atoms with Crippen LogP contribution in [0.1, 0.15) is 19.4 Å². The van der Waals surface area contributed by atoms with Gasteiger partial charge >= 0.3 is 0 Å². The fraction of sp³-hybridized carbons (Fsp3) is 0.647. The second-order valence-electron chi connectivity index (χ2n) is 6.52. The monoisotopic (exact) mass is 324 g/mol. The molecular weight excluding hydrogens is 296 g/mol. The smallest absolute Gasteiger partial charge is 0.0398 e. The first-order valence-corrected chi connectivity index (χ1v) is 8.21. The molecule has 2 N–H and O–H groups in total. The average Bonchev–Trinajstić information content (AvgIpc) is 2.47. The molecule has 0 radical (unpaired) electrons. The number of benzene rings is 1. The summed E-state index contributed by atoms with van der Waals surface area (Å²) in [4.78, 5) is 5.04. The van der Waals surface area contributed by atoms with Crippen LogP contribution in [0.3, 0.4) is 0 Å². The molecule has 2 aliphatic rings. The topological polar surface area (TPSA) is 30.5 Å². The van der Waals surface area contributed by atoms with Crippen LogP contribution < -0.4 is 20.4 Å². The van der Waals surface area contributed by atoms with E-state index in [4.69, 9.17) is 0 Å². The van der Waals surface area contributed by atoms with Crippen molar-refractivity contribution >= 4 is 23.8 Å². The lowest BCUT2D eigenvalue weighted by Crippen LogP contribution is -2.50. The third kappa shape index (κ3) is 3.67. The van der Waals surface area contributed by atoms with Gasteiger partial charge in [-0.25, -0.2) is 0 Å². The summed E-state index contributed by atoms with van der Waals surface area (Å²) in [5, 5.41) is 6.97. The summed E-state index contributed by atoms with van der Waals surface area (Å²) in [5.41, 5.74) is 4.16. The van der Waals surface area contributed by atoms with Gasteiger partial charge in [-0.1, -0.05) is 0 Å². The number of hydrogen-bond acceptors (Lipinski definition) is 4. The summed E-state index contributed by atoms with van der Waals surface area (Å²) in [6.07, 6.45) is 0. The molecule has 2 fully saturated rings. The number of nitrogens with one attached hydrogen (secondary N) is 2. The lowest BCUT2D eigenvalue weighted by atomic mass is 10.1. The molecule has 0 aromatic heterocycles. The number of halogens is 1. The molecule has 0 saturated carbocycles. The van der Waals surface area contributed by atoms with Gasteiger partial charge in [0.2, 0.25) is 0 Å². The van der Waals surface area contributed by atoms with Crippen molar-refractivity contribution in [2.45, 2.75) is 32.9 Å². The highest BCUT2D eigenvalue weighted by atomic mass is 35.5. The summed E-state index contributed by atoms with van der Waals surface area (Å²) in [7, 11) is 0. The van der Waals surface area contributed by atoms with Crippen LogP contribution in [0.5, 0.6) is 0 Å². The minimum absolute atomic E-state index is 0. The van der Waals surface area contributed by atoms with Crippen LogP contribution in [-0.4, -0.2) is 51.4 Å². The first-order chi connectivity index (χ1) is 10.1. The van der Waals surface area contributed by atoms with Gasteiger partial charge in [0.1, 0.15) is 0 Å². The van der Waals surface area contributed by atoms with Gasteiger partial charge in [0, 0.05) is 62.7 Å². The van der Waals surface area contributed by atoms with Crippen molar-refractivity contribution in [3.05, 3.63) is 23.8 Å². The van der Waals surface area contributed by atoms with E-state index in [1.165, 1.54) is 16.9 Å². The fourth-order valence-corrected chi connectivity index (χ4v) is 3.55. The van der Waals surface area contributed by atoms with Gasteiger partial charge in [0.15, 0.2) is 0 Å². The molecule has 2 saturated heterocycles. The molecule has 0 bridgehead atoms. The lowest BCUT2D eigenvalue weighted by Gasteiger charge is -2.37. The van der Waals surface area contributed by atoms with Gasteiger partial charge in [-0.2, -0.15) is 0 Å². The van der Waals surface area contributed by atoms with Crippen LogP contribution in [0.4, 0.5) is 11.4 Å². The van der Waals surface area contributed by atoms with Crippen molar-refractivity contribution < 1.29 is 0 Å². The Labute approximate surface area is 140 Å². The largest absolute Gasteiger partial charge is 0.368 e. The molecule has 0 unspecified atom stereocenters. The van der Waals surface area contributed by atoms with Gasteiger partial charge in [0.25, 0.3) is 0 Å². The van der Waals surface area contributed by atoms with E-state index in [1.54, 1.807) is 0 Å². The Balaban J connectivity index is 0.00000176. The van der Waals surface area contributed by atoms with Crippen molar-refractivity contribution in [2.24, 2.45) is 0 Å². The van der Waals surface area contributed by atoms with Crippen LogP contribution in [0.25, 0.3) is 0 Å². The van der Waals surface area contributed by atoms with E-state index in [9.17, 15) is 0 Å². The highest BCUT2D eigenvalue weighted by molar-refractivity contribution is 5.85. The zero-order chi connectivity index (χ0) is 14.8. The van der Waals surface area contributed by atoms with Gasteiger partial charge < -0.3 is 20.4 Å². The average molecular weight is 325 g/mol. The second kappa shape index (κ2) is 7.53. The molecule has 2 aliphatic heterocycles. The molecule has 0 spiro atoms. The molecule has 124 valence electrons. The van der Waals surface area contributed by atoms with E-state index < -0.39 is 0 Å². The highest BCUT2D eigenvalue weighted by Crippen LogP contribution is 2.27. The van der Waals surface area contributed by atoms with E-state index in [-0.39, 0.29) is 12.4 Å². The van der Waals surface area contributed by atoms with Crippen LogP contribution >= 0.6 is 12.4 Å². The van der Waals surface area contributed by atoms with E-state index in [2.05, 4.69) is 59.4 Å². The summed E-state index contributed by atoms with van der Waals surface area (Å²) in [5.74, 6) is 0. The molecule has 2 heterocycles. The Hall–Kier alpha value is -0.970. The summed E-state index contributed by atoms with van der Waals surface area (Å²) in [6.45, 7) is 13.4. The van der Waals surface area contributed by atoms with Gasteiger partial charge in [-0.05, 0) is 44.5 Å². The molecule has 3 rings (SSSR count). The molecule has 4 nitrogen and oxygen atoms in total. The number of hydrogen-bond donors (Lipinski definition) is 2. The normalized spacial score (nSPS) is 25.8. The third-order valence-corrected chi connectivity index (χ3v) is 4.72. The molecule has 22 heavy (non-hydrogen) atoms. The van der Waals surface area contributed by atoms with Gasteiger partial charge in [-0.3, -0.25) is 0 Å². The van der Waals surface area contributed by atoms with Crippen molar-refractivity contribution in [2.75, 3.05) is 49.1 Å². The Bertz CT molecular complexity index is 494. The Morgan fingerprint density at radius 2 is 1.95 bits per heavy atom. The summed E-state index contributed by atoms with van der Waals surface area (Å²) < 4.78 is 0.